The minimum atomic E-state index is -0.425. The summed E-state index contributed by atoms with van der Waals surface area (Å²) in [6.07, 6.45) is 0.750. The van der Waals surface area contributed by atoms with Crippen LogP contribution in [0.2, 0.25) is 5.02 Å². The summed E-state index contributed by atoms with van der Waals surface area (Å²) >= 11 is 6.09. The molecule has 0 aliphatic heterocycles. The molecule has 17 heavy (non-hydrogen) atoms. The first-order valence-electron chi connectivity index (χ1n) is 4.89. The fraction of sp³-hybridized carbons (Fsp3) is 0.273. The standard InChI is InChI=1S/C10H14ClNOSi.CHNO/c1-4-5(2)8(11)7(10(12)13)9(14)6(4)3;2-1-3/h1-3,14H3,(H2,12,13);2H. The molecule has 0 atom stereocenters. The normalized spacial score (nSPS) is 9.18. The molecule has 0 unspecified atom stereocenters. The maximum atomic E-state index is 11.2. The molecule has 0 bridgehead atoms. The lowest BCUT2D eigenvalue weighted by Crippen LogP contribution is -2.26. The Balaban J connectivity index is 0.000000770. The van der Waals surface area contributed by atoms with E-state index >= 15 is 0 Å². The van der Waals surface area contributed by atoms with Crippen molar-refractivity contribution in [2.75, 3.05) is 0 Å². The summed E-state index contributed by atoms with van der Waals surface area (Å²) in [7, 11) is 0.785. The Labute approximate surface area is 108 Å². The molecule has 92 valence electrons. The number of primary amides is 1. The van der Waals surface area contributed by atoms with Crippen LogP contribution < -0.4 is 10.9 Å². The number of nitrogens with one attached hydrogen (secondary N) is 1. The fourth-order valence-electron chi connectivity index (χ4n) is 1.56. The lowest BCUT2D eigenvalue weighted by molar-refractivity contribution is 0.100. The molecule has 1 aromatic carbocycles. The molecular formula is C11H15ClN2O2Si. The third-order valence-electron chi connectivity index (χ3n) is 2.86. The van der Waals surface area contributed by atoms with Crippen LogP contribution in [-0.4, -0.2) is 22.2 Å². The molecule has 1 amide bonds. The third-order valence-corrected chi connectivity index (χ3v) is 4.58. The summed E-state index contributed by atoms with van der Waals surface area (Å²) in [5.74, 6) is -0.425. The summed E-state index contributed by atoms with van der Waals surface area (Å²) in [5, 5.41) is 6.94. The molecule has 1 rings (SSSR count). The molecule has 3 N–H and O–H groups in total. The number of benzene rings is 1. The zero-order chi connectivity index (χ0) is 13.7. The molecule has 0 aromatic heterocycles. The van der Waals surface area contributed by atoms with Gasteiger partial charge in [0.2, 0.25) is 12.0 Å². The summed E-state index contributed by atoms with van der Waals surface area (Å²) < 4.78 is 0. The minimum Gasteiger partial charge on any atom is -0.366 e. The predicted octanol–water partition coefficient (Wildman–Crippen LogP) is 0.256. The molecular weight excluding hydrogens is 256 g/mol. The molecule has 6 heteroatoms. The second-order valence-corrected chi connectivity index (χ2v) is 5.03. The first-order valence-corrected chi connectivity index (χ1v) is 6.26. The highest BCUT2D eigenvalue weighted by molar-refractivity contribution is 6.43. The predicted molar refractivity (Wildman–Crippen MR) is 72.2 cm³/mol. The minimum absolute atomic E-state index is 0.425. The van der Waals surface area contributed by atoms with Gasteiger partial charge in [-0.1, -0.05) is 16.8 Å². The molecule has 4 nitrogen and oxygen atoms in total. The van der Waals surface area contributed by atoms with Gasteiger partial charge in [-0.3, -0.25) is 4.79 Å². The molecule has 0 heterocycles. The molecule has 0 radical (unpaired) electrons. The van der Waals surface area contributed by atoms with Crippen LogP contribution in [0.1, 0.15) is 27.0 Å². The number of hydrogen-bond donors (Lipinski definition) is 2. The first-order chi connectivity index (χ1) is 7.79. The largest absolute Gasteiger partial charge is 0.366 e. The number of halogens is 1. The van der Waals surface area contributed by atoms with Crippen LogP contribution in [-0.2, 0) is 4.79 Å². The molecule has 0 aliphatic rings. The highest BCUT2D eigenvalue weighted by Gasteiger charge is 2.16. The van der Waals surface area contributed by atoms with Gasteiger partial charge in [-0.05, 0) is 37.5 Å². The Morgan fingerprint density at radius 3 is 2.06 bits per heavy atom. The Morgan fingerprint density at radius 1 is 1.29 bits per heavy atom. The first kappa shape index (κ1) is 15.6. The maximum Gasteiger partial charge on any atom is 0.250 e. The number of isocyanates is 1. The highest BCUT2D eigenvalue weighted by atomic mass is 35.5. The lowest BCUT2D eigenvalue weighted by atomic mass is 10.00. The zero-order valence-corrected chi connectivity index (χ0v) is 13.0. The van der Waals surface area contributed by atoms with Crippen molar-refractivity contribution in [3.05, 3.63) is 27.3 Å². The fourth-order valence-corrected chi connectivity index (χ4v) is 2.97. The Kier molecular flexibility index (Phi) is 5.81. The molecule has 1 aromatic rings. The summed E-state index contributed by atoms with van der Waals surface area (Å²) in [4.78, 5) is 19.6. The van der Waals surface area contributed by atoms with Crippen molar-refractivity contribution in [2.24, 2.45) is 5.73 Å². The number of rotatable bonds is 1. The Hall–Kier alpha value is -1.42. The van der Waals surface area contributed by atoms with E-state index in [2.05, 4.69) is 0 Å². The van der Waals surface area contributed by atoms with Crippen LogP contribution in [0.3, 0.4) is 0 Å². The van der Waals surface area contributed by atoms with Gasteiger partial charge in [-0.2, -0.15) is 0 Å². The van der Waals surface area contributed by atoms with Crippen LogP contribution >= 0.6 is 11.6 Å². The number of amides is 1. The average Bonchev–Trinajstić information content (AvgIpc) is 2.24. The zero-order valence-electron chi connectivity index (χ0n) is 10.3. The van der Waals surface area contributed by atoms with Crippen molar-refractivity contribution in [1.82, 2.24) is 0 Å². The molecule has 0 saturated heterocycles. The average molecular weight is 271 g/mol. The van der Waals surface area contributed by atoms with E-state index in [0.29, 0.717) is 10.6 Å². The van der Waals surface area contributed by atoms with Gasteiger partial charge in [0.1, 0.15) is 0 Å². The molecule has 0 saturated carbocycles. The van der Waals surface area contributed by atoms with Crippen molar-refractivity contribution in [2.45, 2.75) is 20.8 Å². The summed E-state index contributed by atoms with van der Waals surface area (Å²) in [6.45, 7) is 5.94. The second kappa shape index (κ2) is 6.35. The SMILES string of the molecule is Cc1c(C)c([SiH3])c(C(N)=O)c(Cl)c1C.N=C=O. The highest BCUT2D eigenvalue weighted by Crippen LogP contribution is 2.24. The van der Waals surface area contributed by atoms with Gasteiger partial charge in [0, 0.05) is 10.2 Å². The lowest BCUT2D eigenvalue weighted by Gasteiger charge is -2.14. The van der Waals surface area contributed by atoms with Gasteiger partial charge in [0.05, 0.1) is 10.6 Å². The van der Waals surface area contributed by atoms with Crippen LogP contribution in [0.25, 0.3) is 0 Å². The van der Waals surface area contributed by atoms with Crippen LogP contribution in [0.4, 0.5) is 0 Å². The van der Waals surface area contributed by atoms with Gasteiger partial charge in [-0.15, -0.1) is 0 Å². The van der Waals surface area contributed by atoms with E-state index < -0.39 is 5.91 Å². The van der Waals surface area contributed by atoms with Crippen LogP contribution in [0.5, 0.6) is 0 Å². The second-order valence-electron chi connectivity index (χ2n) is 3.66. The number of carbonyl (C=O) groups excluding carboxylic acids is 2. The number of hydrogen-bond acceptors (Lipinski definition) is 3. The van der Waals surface area contributed by atoms with E-state index in [1.54, 1.807) is 0 Å². The smallest absolute Gasteiger partial charge is 0.250 e. The quantitative estimate of drug-likeness (QED) is 0.436. The van der Waals surface area contributed by atoms with Gasteiger partial charge in [0.15, 0.2) is 0 Å². The van der Waals surface area contributed by atoms with Gasteiger partial charge < -0.3 is 5.73 Å². The monoisotopic (exact) mass is 270 g/mol. The summed E-state index contributed by atoms with van der Waals surface area (Å²) in [6, 6.07) is 0. The van der Waals surface area contributed by atoms with Crippen molar-refractivity contribution in [3.63, 3.8) is 0 Å². The van der Waals surface area contributed by atoms with E-state index in [4.69, 9.17) is 27.5 Å². The third kappa shape index (κ3) is 3.26. The van der Waals surface area contributed by atoms with Gasteiger partial charge >= 0.3 is 0 Å². The topological polar surface area (TPSA) is 84.0 Å². The molecule has 0 fully saturated rings. The van der Waals surface area contributed by atoms with E-state index in [0.717, 1.165) is 38.2 Å². The maximum absolute atomic E-state index is 11.2. The van der Waals surface area contributed by atoms with Crippen molar-refractivity contribution < 1.29 is 9.59 Å². The Morgan fingerprint density at radius 2 is 1.71 bits per heavy atom. The van der Waals surface area contributed by atoms with Crippen molar-refractivity contribution >= 4 is 39.0 Å². The van der Waals surface area contributed by atoms with Gasteiger partial charge in [-0.25, -0.2) is 10.2 Å². The Bertz CT molecular complexity index is 466. The van der Waals surface area contributed by atoms with Crippen LogP contribution in [0, 0.1) is 26.2 Å². The number of nitrogens with two attached hydrogens (primary N) is 1. The summed E-state index contributed by atoms with van der Waals surface area (Å²) in [5.41, 5.74) is 9.07. The van der Waals surface area contributed by atoms with E-state index in [1.807, 2.05) is 20.8 Å². The van der Waals surface area contributed by atoms with E-state index in [9.17, 15) is 4.79 Å². The van der Waals surface area contributed by atoms with Crippen LogP contribution in [0.15, 0.2) is 0 Å². The van der Waals surface area contributed by atoms with Crippen molar-refractivity contribution in [1.29, 1.82) is 5.41 Å². The van der Waals surface area contributed by atoms with Crippen molar-refractivity contribution in [3.8, 4) is 0 Å². The van der Waals surface area contributed by atoms with E-state index in [-0.39, 0.29) is 0 Å². The number of carbonyl (C=O) groups is 1. The van der Waals surface area contributed by atoms with Gasteiger partial charge in [0.25, 0.3) is 0 Å². The molecule has 0 aliphatic carbocycles. The van der Waals surface area contributed by atoms with E-state index in [1.165, 1.54) is 0 Å². The molecule has 0 spiro atoms.